The van der Waals surface area contributed by atoms with Gasteiger partial charge < -0.3 is 14.7 Å². The van der Waals surface area contributed by atoms with E-state index >= 15 is 0 Å². The van der Waals surface area contributed by atoms with Crippen LogP contribution in [0.2, 0.25) is 0 Å². The van der Waals surface area contributed by atoms with Gasteiger partial charge in [0.25, 0.3) is 0 Å². The third-order valence-electron chi connectivity index (χ3n) is 4.12. The van der Waals surface area contributed by atoms with Crippen molar-refractivity contribution < 1.29 is 23.1 Å². The monoisotopic (exact) mass is 335 g/mol. The number of ether oxygens (including phenoxy) is 1. The van der Waals surface area contributed by atoms with Gasteiger partial charge in [-0.3, -0.25) is 9.69 Å². The Balaban J connectivity index is 1.85. The number of hydrogen-bond acceptors (Lipinski definition) is 6. The SMILES string of the molecule is CC(=O)N1CCCN(C[C@@H]2OC[C@H](NS(C)(=O)=O)[C@H]2O)CC1. The number of nitrogens with zero attached hydrogens (tertiary/aromatic N) is 2. The molecule has 0 aromatic rings. The van der Waals surface area contributed by atoms with Gasteiger partial charge >= 0.3 is 0 Å². The van der Waals surface area contributed by atoms with Crippen LogP contribution in [0.3, 0.4) is 0 Å². The van der Waals surface area contributed by atoms with E-state index in [-0.39, 0.29) is 12.5 Å². The van der Waals surface area contributed by atoms with Crippen molar-refractivity contribution in [3.05, 3.63) is 0 Å². The van der Waals surface area contributed by atoms with Gasteiger partial charge in [0.2, 0.25) is 15.9 Å². The normalized spacial score (nSPS) is 31.2. The molecule has 0 unspecified atom stereocenters. The molecular weight excluding hydrogens is 310 g/mol. The molecule has 0 aliphatic carbocycles. The number of rotatable bonds is 4. The van der Waals surface area contributed by atoms with E-state index in [9.17, 15) is 18.3 Å². The number of carbonyl (C=O) groups is 1. The summed E-state index contributed by atoms with van der Waals surface area (Å²) >= 11 is 0. The number of nitrogens with one attached hydrogen (secondary N) is 1. The zero-order valence-corrected chi connectivity index (χ0v) is 13.9. The standard InChI is InChI=1S/C13H25N3O5S/c1-10(17)16-5-3-4-15(6-7-16)8-12-13(18)11(9-21-12)14-22(2,19)20/h11-14,18H,3-9H2,1-2H3/t11-,12-,13+/m0/s1. The molecule has 2 heterocycles. The topological polar surface area (TPSA) is 99.2 Å². The molecule has 2 aliphatic rings. The predicted molar refractivity (Wildman–Crippen MR) is 80.8 cm³/mol. The number of sulfonamides is 1. The van der Waals surface area contributed by atoms with Gasteiger partial charge in [0.05, 0.1) is 31.1 Å². The van der Waals surface area contributed by atoms with E-state index in [1.807, 2.05) is 4.90 Å². The van der Waals surface area contributed by atoms with Crippen molar-refractivity contribution in [3.63, 3.8) is 0 Å². The Morgan fingerprint density at radius 3 is 2.68 bits per heavy atom. The van der Waals surface area contributed by atoms with E-state index in [4.69, 9.17) is 4.74 Å². The van der Waals surface area contributed by atoms with E-state index in [0.29, 0.717) is 13.1 Å². The molecule has 0 aromatic heterocycles. The second-order valence-electron chi connectivity index (χ2n) is 6.02. The van der Waals surface area contributed by atoms with Gasteiger partial charge in [0.15, 0.2) is 0 Å². The first kappa shape index (κ1) is 17.6. The average Bonchev–Trinajstić information content (AvgIpc) is 2.64. The van der Waals surface area contributed by atoms with Crippen LogP contribution in [-0.4, -0.2) is 93.1 Å². The number of aliphatic hydroxyl groups is 1. The van der Waals surface area contributed by atoms with Crippen molar-refractivity contribution in [2.24, 2.45) is 0 Å². The van der Waals surface area contributed by atoms with E-state index in [2.05, 4.69) is 9.62 Å². The fourth-order valence-electron chi connectivity index (χ4n) is 2.95. The first-order chi connectivity index (χ1) is 10.3. The average molecular weight is 335 g/mol. The van der Waals surface area contributed by atoms with E-state index in [1.54, 1.807) is 6.92 Å². The Morgan fingerprint density at radius 2 is 2.05 bits per heavy atom. The number of hydrogen-bond donors (Lipinski definition) is 2. The van der Waals surface area contributed by atoms with Crippen LogP contribution < -0.4 is 4.72 Å². The predicted octanol–water partition coefficient (Wildman–Crippen LogP) is -1.78. The van der Waals surface area contributed by atoms with Gasteiger partial charge in [0.1, 0.15) is 0 Å². The fraction of sp³-hybridized carbons (Fsp3) is 0.923. The van der Waals surface area contributed by atoms with Crippen LogP contribution in [0.15, 0.2) is 0 Å². The van der Waals surface area contributed by atoms with Crippen molar-refractivity contribution in [1.29, 1.82) is 0 Å². The molecule has 8 nitrogen and oxygen atoms in total. The van der Waals surface area contributed by atoms with Crippen LogP contribution >= 0.6 is 0 Å². The Morgan fingerprint density at radius 1 is 1.32 bits per heavy atom. The minimum atomic E-state index is -3.37. The lowest BCUT2D eigenvalue weighted by Crippen LogP contribution is -2.47. The fourth-order valence-corrected chi connectivity index (χ4v) is 3.70. The van der Waals surface area contributed by atoms with Crippen molar-refractivity contribution in [3.8, 4) is 0 Å². The van der Waals surface area contributed by atoms with Gasteiger partial charge in [-0.05, 0) is 13.0 Å². The van der Waals surface area contributed by atoms with Crippen molar-refractivity contribution in [2.45, 2.75) is 31.6 Å². The minimum Gasteiger partial charge on any atom is -0.389 e. The number of aliphatic hydroxyl groups excluding tert-OH is 1. The second-order valence-corrected chi connectivity index (χ2v) is 7.80. The largest absolute Gasteiger partial charge is 0.389 e. The summed E-state index contributed by atoms with van der Waals surface area (Å²) in [4.78, 5) is 15.4. The third kappa shape index (κ3) is 4.88. The van der Waals surface area contributed by atoms with Gasteiger partial charge in [-0.1, -0.05) is 0 Å². The van der Waals surface area contributed by atoms with E-state index < -0.39 is 28.3 Å². The Labute approximate surface area is 131 Å². The van der Waals surface area contributed by atoms with Crippen molar-refractivity contribution >= 4 is 15.9 Å². The maximum atomic E-state index is 11.4. The molecule has 128 valence electrons. The lowest BCUT2D eigenvalue weighted by atomic mass is 10.1. The molecule has 0 spiro atoms. The first-order valence-corrected chi connectivity index (χ1v) is 9.40. The van der Waals surface area contributed by atoms with Gasteiger partial charge in [-0.15, -0.1) is 0 Å². The zero-order valence-electron chi connectivity index (χ0n) is 13.1. The number of amides is 1. The summed E-state index contributed by atoms with van der Waals surface area (Å²) in [6.07, 6.45) is 0.677. The van der Waals surface area contributed by atoms with Crippen LogP contribution in [0.4, 0.5) is 0 Å². The Bertz CT molecular complexity index is 498. The highest BCUT2D eigenvalue weighted by atomic mass is 32.2. The van der Waals surface area contributed by atoms with Crippen LogP contribution in [0, 0.1) is 0 Å². The summed E-state index contributed by atoms with van der Waals surface area (Å²) in [5, 5.41) is 10.2. The van der Waals surface area contributed by atoms with Crippen LogP contribution in [0.5, 0.6) is 0 Å². The highest BCUT2D eigenvalue weighted by Gasteiger charge is 2.38. The van der Waals surface area contributed by atoms with E-state index in [0.717, 1.165) is 32.3 Å². The highest BCUT2D eigenvalue weighted by Crippen LogP contribution is 2.17. The Kier molecular flexibility index (Phi) is 5.78. The van der Waals surface area contributed by atoms with Crippen LogP contribution in [-0.2, 0) is 19.6 Å². The molecule has 2 N–H and O–H groups in total. The first-order valence-electron chi connectivity index (χ1n) is 7.51. The molecule has 0 radical (unpaired) electrons. The molecule has 2 aliphatic heterocycles. The smallest absolute Gasteiger partial charge is 0.219 e. The summed E-state index contributed by atoms with van der Waals surface area (Å²) in [5.41, 5.74) is 0. The van der Waals surface area contributed by atoms with Crippen molar-refractivity contribution in [2.75, 3.05) is 45.6 Å². The van der Waals surface area contributed by atoms with Gasteiger partial charge in [-0.2, -0.15) is 0 Å². The van der Waals surface area contributed by atoms with E-state index in [1.165, 1.54) is 0 Å². The lowest BCUT2D eigenvalue weighted by molar-refractivity contribution is -0.128. The number of carbonyl (C=O) groups excluding carboxylic acids is 1. The lowest BCUT2D eigenvalue weighted by Gasteiger charge is -2.25. The molecule has 0 saturated carbocycles. The van der Waals surface area contributed by atoms with Crippen LogP contribution in [0.1, 0.15) is 13.3 Å². The van der Waals surface area contributed by atoms with Gasteiger partial charge in [0, 0.05) is 33.1 Å². The molecule has 3 atom stereocenters. The molecule has 9 heteroatoms. The summed E-state index contributed by atoms with van der Waals surface area (Å²) in [7, 11) is -3.37. The molecule has 0 bridgehead atoms. The molecule has 2 rings (SSSR count). The minimum absolute atomic E-state index is 0.0800. The third-order valence-corrected chi connectivity index (χ3v) is 4.85. The zero-order chi connectivity index (χ0) is 16.3. The molecular formula is C13H25N3O5S. The summed E-state index contributed by atoms with van der Waals surface area (Å²) < 4.78 is 30.4. The second kappa shape index (κ2) is 7.22. The molecule has 2 saturated heterocycles. The molecule has 1 amide bonds. The summed E-state index contributed by atoms with van der Waals surface area (Å²) in [6.45, 7) is 5.26. The Hall–Kier alpha value is -0.740. The quantitative estimate of drug-likeness (QED) is 0.630. The molecule has 0 aromatic carbocycles. The summed E-state index contributed by atoms with van der Waals surface area (Å²) in [5.74, 6) is 0.0800. The highest BCUT2D eigenvalue weighted by molar-refractivity contribution is 7.88. The maximum Gasteiger partial charge on any atom is 0.219 e. The maximum absolute atomic E-state index is 11.4. The molecule has 2 fully saturated rings. The molecule has 22 heavy (non-hydrogen) atoms. The van der Waals surface area contributed by atoms with Crippen LogP contribution in [0.25, 0.3) is 0 Å². The van der Waals surface area contributed by atoms with Crippen molar-refractivity contribution in [1.82, 2.24) is 14.5 Å². The van der Waals surface area contributed by atoms with Gasteiger partial charge in [-0.25, -0.2) is 13.1 Å². The summed E-state index contributed by atoms with van der Waals surface area (Å²) in [6, 6.07) is -0.597.